The van der Waals surface area contributed by atoms with Gasteiger partial charge in [-0.3, -0.25) is 4.79 Å². The largest absolute Gasteiger partial charge is 0.481 e. The molecule has 0 heterocycles. The molecule has 0 amide bonds. The molecule has 11 atom stereocenters. The van der Waals surface area contributed by atoms with Crippen molar-refractivity contribution in [2.24, 2.45) is 52.3 Å². The van der Waals surface area contributed by atoms with Crippen LogP contribution in [0.2, 0.25) is 0 Å². The van der Waals surface area contributed by atoms with Crippen LogP contribution in [0.15, 0.2) is 0 Å². The zero-order valence-electron chi connectivity index (χ0n) is 19.3. The second kappa shape index (κ2) is 8.37. The maximum Gasteiger partial charge on any atom is 0.303 e. The second-order valence-electron chi connectivity index (χ2n) is 11.8. The van der Waals surface area contributed by atoms with Gasteiger partial charge in [-0.2, -0.15) is 0 Å². The van der Waals surface area contributed by atoms with Gasteiger partial charge in [0.15, 0.2) is 0 Å². The van der Waals surface area contributed by atoms with Crippen molar-refractivity contribution in [3.05, 3.63) is 0 Å². The summed E-state index contributed by atoms with van der Waals surface area (Å²) in [4.78, 5) is 11.1. The van der Waals surface area contributed by atoms with E-state index in [4.69, 9.17) is 5.11 Å². The average molecular weight is 425 g/mol. The molecule has 4 saturated carbocycles. The summed E-state index contributed by atoms with van der Waals surface area (Å²) in [6.07, 6.45) is 7.89. The monoisotopic (exact) mass is 424 g/mol. The Kier molecular flexibility index (Phi) is 6.69. The van der Waals surface area contributed by atoms with E-state index in [-0.39, 0.29) is 34.9 Å². The maximum absolute atomic E-state index is 11.3. The van der Waals surface area contributed by atoms with Crippen LogP contribution in [0.25, 0.3) is 0 Å². The molecule has 4 fully saturated rings. The third kappa shape index (κ3) is 3.53. The topological polar surface area (TPSA) is 109 Å². The highest BCUT2D eigenvalue weighted by Crippen LogP contribution is 2.69. The van der Waals surface area contributed by atoms with Gasteiger partial charge in [-0.1, -0.05) is 27.7 Å². The second-order valence-corrected chi connectivity index (χ2v) is 11.8. The Morgan fingerprint density at radius 2 is 1.77 bits per heavy atom. The minimum absolute atomic E-state index is 0. The highest BCUT2D eigenvalue weighted by atomic mass is 16.4. The van der Waals surface area contributed by atoms with Crippen molar-refractivity contribution in [1.82, 2.24) is 0 Å². The molecule has 174 valence electrons. The maximum atomic E-state index is 11.3. The van der Waals surface area contributed by atoms with Crippen molar-refractivity contribution in [1.29, 1.82) is 0 Å². The minimum Gasteiger partial charge on any atom is -0.481 e. The molecule has 0 aromatic heterocycles. The number of carboxylic acids is 1. The summed E-state index contributed by atoms with van der Waals surface area (Å²) in [7, 11) is 0. The first-order valence-electron chi connectivity index (χ1n) is 12.2. The smallest absolute Gasteiger partial charge is 0.303 e. The quantitative estimate of drug-likeness (QED) is 0.636. The van der Waals surface area contributed by atoms with E-state index in [1.807, 2.05) is 0 Å². The molecule has 5 nitrogen and oxygen atoms in total. The summed E-state index contributed by atoms with van der Waals surface area (Å²) in [5.41, 5.74) is 0.461. The summed E-state index contributed by atoms with van der Waals surface area (Å²) in [6.45, 7) is 9.63. The number of aliphatic hydroxyl groups is 2. The summed E-state index contributed by atoms with van der Waals surface area (Å²) in [5, 5.41) is 30.7. The van der Waals surface area contributed by atoms with Crippen molar-refractivity contribution in [2.75, 3.05) is 0 Å². The lowest BCUT2D eigenvalue weighted by molar-refractivity contribution is -0.189. The van der Waals surface area contributed by atoms with E-state index in [2.05, 4.69) is 27.7 Å². The van der Waals surface area contributed by atoms with Gasteiger partial charge in [0.25, 0.3) is 0 Å². The zero-order valence-corrected chi connectivity index (χ0v) is 19.3. The third-order valence-corrected chi connectivity index (χ3v) is 10.8. The normalized spacial score (nSPS) is 51.1. The van der Waals surface area contributed by atoms with Gasteiger partial charge < -0.3 is 20.8 Å². The fourth-order valence-electron chi connectivity index (χ4n) is 9.06. The van der Waals surface area contributed by atoms with E-state index in [9.17, 15) is 15.0 Å². The number of carbonyl (C=O) groups is 1. The Morgan fingerprint density at radius 3 is 2.43 bits per heavy atom. The van der Waals surface area contributed by atoms with Crippen molar-refractivity contribution in [3.8, 4) is 0 Å². The first-order valence-corrected chi connectivity index (χ1v) is 12.2. The predicted octanol–water partition coefficient (Wildman–Crippen LogP) is 3.90. The molecule has 0 saturated heterocycles. The number of rotatable bonds is 4. The van der Waals surface area contributed by atoms with Crippen molar-refractivity contribution in [3.63, 3.8) is 0 Å². The summed E-state index contributed by atoms with van der Waals surface area (Å²) < 4.78 is 0. The molecule has 0 aromatic rings. The molecular weight excluding hydrogens is 380 g/mol. The fraction of sp³-hybridized carbons (Fsp3) is 0.960. The molecule has 0 spiro atoms. The number of hydrogen-bond donors (Lipinski definition) is 3. The number of hydrogen-bond acceptors (Lipinski definition) is 3. The Balaban J connectivity index is 0.00000256. The van der Waals surface area contributed by atoms with E-state index < -0.39 is 5.97 Å². The Morgan fingerprint density at radius 1 is 1.07 bits per heavy atom. The van der Waals surface area contributed by atoms with Gasteiger partial charge in [0.1, 0.15) is 0 Å². The molecule has 5 N–H and O–H groups in total. The van der Waals surface area contributed by atoms with Crippen LogP contribution in [0.5, 0.6) is 0 Å². The van der Waals surface area contributed by atoms with Crippen molar-refractivity contribution >= 4 is 5.97 Å². The summed E-state index contributed by atoms with van der Waals surface area (Å²) in [5.74, 6) is 2.84. The molecule has 30 heavy (non-hydrogen) atoms. The summed E-state index contributed by atoms with van der Waals surface area (Å²) >= 11 is 0. The van der Waals surface area contributed by atoms with Gasteiger partial charge in [0.05, 0.1) is 12.2 Å². The Bertz CT molecular complexity index is 637. The Hall–Kier alpha value is -0.650. The van der Waals surface area contributed by atoms with Gasteiger partial charge in [0, 0.05) is 6.42 Å². The van der Waals surface area contributed by atoms with Crippen LogP contribution >= 0.6 is 0 Å². The van der Waals surface area contributed by atoms with Crippen LogP contribution in [-0.4, -0.2) is 39.0 Å². The molecule has 0 bridgehead atoms. The number of aliphatic hydroxyl groups excluding tert-OH is 2. The van der Waals surface area contributed by atoms with E-state index in [1.165, 1.54) is 19.3 Å². The van der Waals surface area contributed by atoms with Gasteiger partial charge >= 0.3 is 5.97 Å². The predicted molar refractivity (Wildman–Crippen MR) is 117 cm³/mol. The molecule has 4 aliphatic rings. The zero-order chi connectivity index (χ0) is 21.1. The average Bonchev–Trinajstić information content (AvgIpc) is 3.01. The summed E-state index contributed by atoms with van der Waals surface area (Å²) in [6, 6.07) is 0. The lowest BCUT2D eigenvalue weighted by Crippen LogP contribution is -2.60. The Labute approximate surface area is 181 Å². The van der Waals surface area contributed by atoms with Crippen LogP contribution in [0.4, 0.5) is 0 Å². The van der Waals surface area contributed by atoms with Gasteiger partial charge in [-0.15, -0.1) is 0 Å². The van der Waals surface area contributed by atoms with E-state index in [0.717, 1.165) is 32.1 Å². The van der Waals surface area contributed by atoms with Crippen LogP contribution in [-0.2, 0) is 4.79 Å². The highest BCUT2D eigenvalue weighted by molar-refractivity contribution is 5.66. The molecule has 0 radical (unpaired) electrons. The highest BCUT2D eigenvalue weighted by Gasteiger charge is 2.64. The van der Waals surface area contributed by atoms with Crippen LogP contribution in [0, 0.1) is 52.3 Å². The van der Waals surface area contributed by atoms with E-state index in [0.29, 0.717) is 41.4 Å². The van der Waals surface area contributed by atoms with Crippen molar-refractivity contribution < 1.29 is 25.6 Å². The minimum atomic E-state index is -0.686. The van der Waals surface area contributed by atoms with Gasteiger partial charge in [0.2, 0.25) is 0 Å². The van der Waals surface area contributed by atoms with E-state index in [1.54, 1.807) is 0 Å². The van der Waals surface area contributed by atoms with Crippen molar-refractivity contribution in [2.45, 2.75) is 97.7 Å². The molecule has 5 heteroatoms. The first kappa shape index (κ1) is 24.0. The van der Waals surface area contributed by atoms with E-state index >= 15 is 0 Å². The fourth-order valence-corrected chi connectivity index (χ4v) is 9.06. The molecule has 4 rings (SSSR count). The lowest BCUT2D eigenvalue weighted by atomic mass is 9.41. The number of aliphatic carboxylic acids is 1. The van der Waals surface area contributed by atoms with Crippen LogP contribution in [0.1, 0.15) is 85.5 Å². The molecule has 4 aliphatic carbocycles. The number of carboxylic acid groups (broad SMARTS) is 1. The molecule has 0 aromatic carbocycles. The third-order valence-electron chi connectivity index (χ3n) is 10.8. The van der Waals surface area contributed by atoms with Gasteiger partial charge in [-0.05, 0) is 104 Å². The number of fused-ring (bicyclic) bond motifs is 5. The molecule has 0 aliphatic heterocycles. The van der Waals surface area contributed by atoms with Gasteiger partial charge in [-0.25, -0.2) is 0 Å². The molecule has 11 unspecified atom stereocenters. The van der Waals surface area contributed by atoms with Crippen LogP contribution < -0.4 is 0 Å². The first-order chi connectivity index (χ1) is 13.6. The lowest BCUT2D eigenvalue weighted by Gasteiger charge is -2.64. The standard InChI is InChI=1S/C25H42O4.H2O/c1-14(5-8-22(28)29)18-6-7-19-23-20(11-15(2)25(18,19)4)24(3)10-9-17(26)12-16(24)13-21(23)27;/h14-21,23,26-27H,5-13H2,1-4H3,(H,28,29);1H2. The molecular formula is C25H44O5. The van der Waals surface area contributed by atoms with Crippen LogP contribution in [0.3, 0.4) is 0 Å². The SMILES string of the molecule is CC(CCC(=O)O)C1CCC2C3C(O)CC4CC(O)CCC4(C)C3CC(C)C12C.O.